The van der Waals surface area contributed by atoms with E-state index >= 15 is 0 Å². The summed E-state index contributed by atoms with van der Waals surface area (Å²) in [5.41, 5.74) is 0.797. The van der Waals surface area contributed by atoms with E-state index in [4.69, 9.17) is 0 Å². The summed E-state index contributed by atoms with van der Waals surface area (Å²) in [6.07, 6.45) is 0. The van der Waals surface area contributed by atoms with Gasteiger partial charge >= 0.3 is 109 Å². The Bertz CT molecular complexity index is 479. The van der Waals surface area contributed by atoms with E-state index in [1.165, 1.54) is 0 Å². The molecule has 0 aromatic heterocycles. The van der Waals surface area contributed by atoms with E-state index in [-0.39, 0.29) is 19.6 Å². The number of carbonyl (C=O) groups excluding carboxylic acids is 1. The summed E-state index contributed by atoms with van der Waals surface area (Å²) in [4.78, 5) is 11.9. The van der Waals surface area contributed by atoms with Crippen molar-refractivity contribution in [2.24, 2.45) is 0 Å². The first-order valence-electron chi connectivity index (χ1n) is 4.78. The fourth-order valence-electron chi connectivity index (χ4n) is 1.24. The monoisotopic (exact) mass is 340 g/mol. The van der Waals surface area contributed by atoms with Crippen LogP contribution in [-0.4, -0.2) is 19.6 Å². The van der Waals surface area contributed by atoms with Gasteiger partial charge in [0.25, 0.3) is 0 Å². The second kappa shape index (κ2) is 5.44. The van der Waals surface area contributed by atoms with Gasteiger partial charge in [0, 0.05) is 0 Å². The van der Waals surface area contributed by atoms with E-state index in [1.54, 1.807) is 0 Å². The first-order valence-corrected chi connectivity index (χ1v) is 7.29. The van der Waals surface area contributed by atoms with Gasteiger partial charge in [-0.05, 0) is 0 Å². The Labute approximate surface area is 109 Å². The van der Waals surface area contributed by atoms with Crippen molar-refractivity contribution in [3.63, 3.8) is 0 Å². The third-order valence-corrected chi connectivity index (χ3v) is 4.51. The second-order valence-corrected chi connectivity index (χ2v) is 6.32. The van der Waals surface area contributed by atoms with E-state index in [2.05, 4.69) is 15.9 Å². The molecule has 0 heterocycles. The standard InChI is InChI=1S/C13H9BrOSe/c14-11-6-8-12(9-7-11)16-13(15)10-4-2-1-3-5-10/h1-9H. The molecule has 0 bridgehead atoms. The fraction of sp³-hybridized carbons (Fsp3) is 0. The number of hydrogen-bond acceptors (Lipinski definition) is 1. The van der Waals surface area contributed by atoms with Crippen LogP contribution < -0.4 is 4.46 Å². The van der Waals surface area contributed by atoms with Gasteiger partial charge in [0.15, 0.2) is 0 Å². The van der Waals surface area contributed by atoms with Crippen LogP contribution in [0.3, 0.4) is 0 Å². The average molecular weight is 340 g/mol. The van der Waals surface area contributed by atoms with Crippen molar-refractivity contribution in [2.45, 2.75) is 0 Å². The van der Waals surface area contributed by atoms with Gasteiger partial charge in [-0.3, -0.25) is 0 Å². The van der Waals surface area contributed by atoms with Crippen molar-refractivity contribution in [3.8, 4) is 0 Å². The van der Waals surface area contributed by atoms with Crippen LogP contribution in [0.1, 0.15) is 10.4 Å². The zero-order chi connectivity index (χ0) is 11.4. The quantitative estimate of drug-likeness (QED) is 0.786. The Hall–Kier alpha value is -0.891. The Kier molecular flexibility index (Phi) is 3.94. The molecule has 80 valence electrons. The zero-order valence-corrected chi connectivity index (χ0v) is 11.7. The summed E-state index contributed by atoms with van der Waals surface area (Å²) >= 11 is 3.24. The van der Waals surface area contributed by atoms with Crippen molar-refractivity contribution < 1.29 is 4.79 Å². The van der Waals surface area contributed by atoms with Crippen LogP contribution in [0, 0.1) is 0 Å². The second-order valence-electron chi connectivity index (χ2n) is 3.21. The summed E-state index contributed by atoms with van der Waals surface area (Å²) < 4.78 is 2.36. The summed E-state index contributed by atoms with van der Waals surface area (Å²) in [6, 6.07) is 17.4. The maximum absolute atomic E-state index is 11.9. The van der Waals surface area contributed by atoms with Crippen LogP contribution in [0.15, 0.2) is 59.1 Å². The summed E-state index contributed by atoms with van der Waals surface area (Å²) in [6.45, 7) is 0. The van der Waals surface area contributed by atoms with Crippen LogP contribution in [0.2, 0.25) is 0 Å². The van der Waals surface area contributed by atoms with Gasteiger partial charge in [0.1, 0.15) is 0 Å². The van der Waals surface area contributed by atoms with Crippen molar-refractivity contribution in [3.05, 3.63) is 64.6 Å². The number of carbonyl (C=O) groups is 1. The number of benzene rings is 2. The van der Waals surface area contributed by atoms with Gasteiger partial charge < -0.3 is 0 Å². The molecule has 0 amide bonds. The molecule has 0 aliphatic carbocycles. The zero-order valence-electron chi connectivity index (χ0n) is 8.39. The molecule has 1 nitrogen and oxygen atoms in total. The molecule has 0 aliphatic heterocycles. The van der Waals surface area contributed by atoms with Gasteiger partial charge in [-0.2, -0.15) is 0 Å². The number of halogens is 1. The van der Waals surface area contributed by atoms with Crippen LogP contribution in [0.5, 0.6) is 0 Å². The van der Waals surface area contributed by atoms with E-state index in [1.807, 2.05) is 54.6 Å². The number of rotatable bonds is 3. The maximum atomic E-state index is 11.9. The van der Waals surface area contributed by atoms with Crippen molar-refractivity contribution >= 4 is 40.0 Å². The average Bonchev–Trinajstić information content (AvgIpc) is 2.33. The molecular formula is C13H9BrOSe. The molecule has 0 atom stereocenters. The third-order valence-electron chi connectivity index (χ3n) is 2.03. The Morgan fingerprint density at radius 2 is 1.56 bits per heavy atom. The van der Waals surface area contributed by atoms with Crippen LogP contribution in [0.4, 0.5) is 0 Å². The molecule has 3 heteroatoms. The van der Waals surface area contributed by atoms with Crippen molar-refractivity contribution in [2.75, 3.05) is 0 Å². The molecule has 0 unspecified atom stereocenters. The topological polar surface area (TPSA) is 17.1 Å². The van der Waals surface area contributed by atoms with Gasteiger partial charge in [0.2, 0.25) is 0 Å². The molecular weight excluding hydrogens is 331 g/mol. The van der Waals surface area contributed by atoms with E-state index < -0.39 is 0 Å². The molecule has 0 fully saturated rings. The molecule has 0 spiro atoms. The minimum absolute atomic E-state index is 0.137. The van der Waals surface area contributed by atoms with Gasteiger partial charge in [0.05, 0.1) is 0 Å². The van der Waals surface area contributed by atoms with Crippen LogP contribution in [-0.2, 0) is 0 Å². The Morgan fingerprint density at radius 1 is 0.938 bits per heavy atom. The van der Waals surface area contributed by atoms with Crippen LogP contribution in [0.25, 0.3) is 0 Å². The normalized spacial score (nSPS) is 10.1. The molecule has 0 saturated carbocycles. The molecule has 0 saturated heterocycles. The first-order chi connectivity index (χ1) is 7.75. The Morgan fingerprint density at radius 3 is 2.19 bits per heavy atom. The van der Waals surface area contributed by atoms with Gasteiger partial charge in [-0.1, -0.05) is 0 Å². The summed E-state index contributed by atoms with van der Waals surface area (Å²) in [5, 5.41) is 0. The third kappa shape index (κ3) is 3.05. The van der Waals surface area contributed by atoms with Gasteiger partial charge in [-0.15, -0.1) is 0 Å². The van der Waals surface area contributed by atoms with Crippen molar-refractivity contribution in [1.29, 1.82) is 0 Å². The molecule has 16 heavy (non-hydrogen) atoms. The van der Waals surface area contributed by atoms with E-state index in [0.717, 1.165) is 14.5 Å². The molecule has 2 aromatic rings. The molecule has 2 aromatic carbocycles. The van der Waals surface area contributed by atoms with Crippen molar-refractivity contribution in [1.82, 2.24) is 0 Å². The fourth-order valence-corrected chi connectivity index (χ4v) is 3.06. The van der Waals surface area contributed by atoms with Gasteiger partial charge in [-0.25, -0.2) is 0 Å². The SMILES string of the molecule is O=C([Se]c1ccc(Br)cc1)c1ccccc1. The first kappa shape index (κ1) is 11.6. The van der Waals surface area contributed by atoms with Crippen LogP contribution >= 0.6 is 15.9 Å². The summed E-state index contributed by atoms with van der Waals surface area (Å²) in [7, 11) is 0. The summed E-state index contributed by atoms with van der Waals surface area (Å²) in [5.74, 6) is 0. The molecule has 2 rings (SSSR count). The molecule has 0 N–H and O–H groups in total. The van der Waals surface area contributed by atoms with E-state index in [9.17, 15) is 4.79 Å². The molecule has 0 radical (unpaired) electrons. The minimum atomic E-state index is -0.137. The Balaban J connectivity index is 2.11. The predicted molar refractivity (Wildman–Crippen MR) is 70.3 cm³/mol. The predicted octanol–water partition coefficient (Wildman–Crippen LogP) is 2.62. The number of hydrogen-bond donors (Lipinski definition) is 0. The molecule has 0 aliphatic rings. The van der Waals surface area contributed by atoms with E-state index in [0.29, 0.717) is 0 Å².